The van der Waals surface area contributed by atoms with Crippen molar-refractivity contribution in [1.29, 1.82) is 0 Å². The Balaban J connectivity index is 1.50. The van der Waals surface area contributed by atoms with Gasteiger partial charge in [-0.25, -0.2) is 18.1 Å². The summed E-state index contributed by atoms with van der Waals surface area (Å²) >= 11 is 0. The van der Waals surface area contributed by atoms with Crippen molar-refractivity contribution in [3.63, 3.8) is 0 Å². The van der Waals surface area contributed by atoms with Crippen LogP contribution in [0.2, 0.25) is 0 Å². The zero-order valence-corrected chi connectivity index (χ0v) is 19.8. The van der Waals surface area contributed by atoms with E-state index in [0.29, 0.717) is 11.5 Å². The molecule has 0 spiro atoms. The number of carbonyl (C=O) groups is 1. The molecule has 2 unspecified atom stereocenters. The number of ether oxygens (including phenoxy) is 1. The number of aromatic nitrogens is 3. The highest BCUT2D eigenvalue weighted by Gasteiger charge is 2.32. The van der Waals surface area contributed by atoms with Gasteiger partial charge in [-0.05, 0) is 64.1 Å². The van der Waals surface area contributed by atoms with E-state index in [-0.39, 0.29) is 35.8 Å². The molecule has 1 N–H and O–H groups in total. The van der Waals surface area contributed by atoms with Gasteiger partial charge in [-0.15, -0.1) is 0 Å². The van der Waals surface area contributed by atoms with E-state index in [1.807, 2.05) is 33.8 Å². The number of benzene rings is 1. The second-order valence-electron chi connectivity index (χ2n) is 8.31. The van der Waals surface area contributed by atoms with E-state index in [9.17, 15) is 13.2 Å². The molecular formula is C23H27N5O4S. The van der Waals surface area contributed by atoms with E-state index in [1.54, 1.807) is 35.1 Å². The number of aryl methyl sites for hydroxylation is 2. The Labute approximate surface area is 193 Å². The maximum absolute atomic E-state index is 13.1. The zero-order valence-electron chi connectivity index (χ0n) is 19.0. The molecule has 33 heavy (non-hydrogen) atoms. The number of pyridine rings is 1. The average molecular weight is 470 g/mol. The van der Waals surface area contributed by atoms with Crippen LogP contribution in [0, 0.1) is 13.8 Å². The molecule has 2 aromatic heterocycles. The highest BCUT2D eigenvalue weighted by Crippen LogP contribution is 2.22. The van der Waals surface area contributed by atoms with Crippen LogP contribution in [-0.4, -0.2) is 58.7 Å². The summed E-state index contributed by atoms with van der Waals surface area (Å²) in [4.78, 5) is 17.3. The molecule has 174 valence electrons. The van der Waals surface area contributed by atoms with Crippen LogP contribution in [0.1, 0.15) is 35.6 Å². The van der Waals surface area contributed by atoms with Crippen molar-refractivity contribution in [3.8, 4) is 5.82 Å². The SMILES string of the molecule is Cc1cc(C)n(-c2ccc(NC(=O)c3cccc(S(=O)(=O)N4CC(C)OC(C)C4)c3)cn2)n1. The average Bonchev–Trinajstić information content (AvgIpc) is 3.11. The Hall–Kier alpha value is -3.08. The number of nitrogens with zero attached hydrogens (tertiary/aromatic N) is 4. The monoisotopic (exact) mass is 469 g/mol. The highest BCUT2D eigenvalue weighted by atomic mass is 32.2. The number of morpholine rings is 1. The fraction of sp³-hybridized carbons (Fsp3) is 0.348. The van der Waals surface area contributed by atoms with Crippen molar-refractivity contribution in [3.05, 3.63) is 65.6 Å². The lowest BCUT2D eigenvalue weighted by atomic mass is 10.2. The lowest BCUT2D eigenvalue weighted by molar-refractivity contribution is -0.0440. The standard InChI is InChI=1S/C23H27N5O4S/c1-15-10-16(2)28(26-15)22-9-8-20(12-24-22)25-23(29)19-6-5-7-21(11-19)33(30,31)27-13-17(3)32-18(4)14-27/h5-12,17-18H,13-14H2,1-4H3,(H,25,29). The van der Waals surface area contributed by atoms with Gasteiger partial charge in [0, 0.05) is 24.3 Å². The van der Waals surface area contributed by atoms with E-state index in [1.165, 1.54) is 16.4 Å². The van der Waals surface area contributed by atoms with Gasteiger partial charge in [0.1, 0.15) is 0 Å². The Kier molecular flexibility index (Phi) is 6.33. The normalized spacial score (nSPS) is 19.4. The number of rotatable bonds is 5. The molecule has 1 aromatic carbocycles. The van der Waals surface area contributed by atoms with Crippen molar-refractivity contribution >= 4 is 21.6 Å². The molecule has 1 fully saturated rings. The Bertz CT molecular complexity index is 1260. The first-order valence-electron chi connectivity index (χ1n) is 10.7. The molecule has 3 aromatic rings. The van der Waals surface area contributed by atoms with Gasteiger partial charge in [0.15, 0.2) is 5.82 Å². The summed E-state index contributed by atoms with van der Waals surface area (Å²) < 4.78 is 35.0. The summed E-state index contributed by atoms with van der Waals surface area (Å²) in [7, 11) is -3.74. The lowest BCUT2D eigenvalue weighted by Gasteiger charge is -2.34. The zero-order chi connectivity index (χ0) is 23.8. The molecule has 0 radical (unpaired) electrons. The summed E-state index contributed by atoms with van der Waals surface area (Å²) in [6.07, 6.45) is 1.15. The Morgan fingerprint density at radius 2 is 1.82 bits per heavy atom. The van der Waals surface area contributed by atoms with Gasteiger partial charge in [-0.2, -0.15) is 9.40 Å². The summed E-state index contributed by atoms with van der Waals surface area (Å²) in [5, 5.41) is 7.17. The van der Waals surface area contributed by atoms with Gasteiger partial charge in [-0.3, -0.25) is 4.79 Å². The minimum Gasteiger partial charge on any atom is -0.373 e. The first-order valence-corrected chi connectivity index (χ1v) is 12.1. The maximum Gasteiger partial charge on any atom is 0.255 e. The summed E-state index contributed by atoms with van der Waals surface area (Å²) in [5.74, 6) is 0.220. The second kappa shape index (κ2) is 9.05. The minimum absolute atomic E-state index is 0.0782. The third-order valence-electron chi connectivity index (χ3n) is 5.35. The highest BCUT2D eigenvalue weighted by molar-refractivity contribution is 7.89. The van der Waals surface area contributed by atoms with Gasteiger partial charge in [0.2, 0.25) is 10.0 Å². The van der Waals surface area contributed by atoms with E-state index in [4.69, 9.17) is 4.74 Å². The van der Waals surface area contributed by atoms with Crippen LogP contribution in [0.4, 0.5) is 5.69 Å². The summed E-state index contributed by atoms with van der Waals surface area (Å²) in [6, 6.07) is 11.5. The molecule has 1 aliphatic heterocycles. The Morgan fingerprint density at radius 3 is 2.42 bits per heavy atom. The molecule has 1 saturated heterocycles. The van der Waals surface area contributed by atoms with Crippen molar-refractivity contribution in [1.82, 2.24) is 19.1 Å². The first kappa shape index (κ1) is 23.1. The third kappa shape index (κ3) is 4.97. The number of amides is 1. The van der Waals surface area contributed by atoms with Crippen LogP contribution < -0.4 is 5.32 Å². The number of sulfonamides is 1. The third-order valence-corrected chi connectivity index (χ3v) is 7.18. The topological polar surface area (TPSA) is 106 Å². The molecule has 4 rings (SSSR count). The predicted octanol–water partition coefficient (Wildman–Crippen LogP) is 2.93. The number of anilines is 1. The van der Waals surface area contributed by atoms with E-state index in [0.717, 1.165) is 11.4 Å². The van der Waals surface area contributed by atoms with Gasteiger partial charge < -0.3 is 10.1 Å². The number of carbonyl (C=O) groups excluding carboxylic acids is 1. The van der Waals surface area contributed by atoms with Crippen LogP contribution in [0.5, 0.6) is 0 Å². The first-order chi connectivity index (χ1) is 15.6. The molecule has 0 saturated carbocycles. The van der Waals surface area contributed by atoms with Crippen LogP contribution in [-0.2, 0) is 14.8 Å². The molecule has 3 heterocycles. The minimum atomic E-state index is -3.74. The van der Waals surface area contributed by atoms with Crippen molar-refractivity contribution < 1.29 is 17.9 Å². The quantitative estimate of drug-likeness (QED) is 0.616. The van der Waals surface area contributed by atoms with Crippen LogP contribution in [0.3, 0.4) is 0 Å². The van der Waals surface area contributed by atoms with E-state index in [2.05, 4.69) is 15.4 Å². The fourth-order valence-electron chi connectivity index (χ4n) is 3.92. The smallest absolute Gasteiger partial charge is 0.255 e. The Morgan fingerprint density at radius 1 is 1.09 bits per heavy atom. The molecule has 1 aliphatic rings. The molecule has 0 aliphatic carbocycles. The molecular weight excluding hydrogens is 442 g/mol. The largest absolute Gasteiger partial charge is 0.373 e. The van der Waals surface area contributed by atoms with Crippen LogP contribution in [0.15, 0.2) is 53.6 Å². The lowest BCUT2D eigenvalue weighted by Crippen LogP contribution is -2.48. The van der Waals surface area contributed by atoms with Gasteiger partial charge in [0.25, 0.3) is 5.91 Å². The van der Waals surface area contributed by atoms with Crippen molar-refractivity contribution in [2.24, 2.45) is 0 Å². The van der Waals surface area contributed by atoms with Crippen LogP contribution >= 0.6 is 0 Å². The molecule has 0 bridgehead atoms. The molecule has 1 amide bonds. The van der Waals surface area contributed by atoms with Crippen molar-refractivity contribution in [2.75, 3.05) is 18.4 Å². The van der Waals surface area contributed by atoms with Gasteiger partial charge in [0.05, 0.1) is 34.7 Å². The van der Waals surface area contributed by atoms with E-state index >= 15 is 0 Å². The molecule has 2 atom stereocenters. The predicted molar refractivity (Wildman–Crippen MR) is 124 cm³/mol. The maximum atomic E-state index is 13.1. The van der Waals surface area contributed by atoms with E-state index < -0.39 is 15.9 Å². The van der Waals surface area contributed by atoms with Crippen LogP contribution in [0.25, 0.3) is 5.82 Å². The summed E-state index contributed by atoms with van der Waals surface area (Å²) in [6.45, 7) is 8.09. The number of hydrogen-bond donors (Lipinski definition) is 1. The fourth-order valence-corrected chi connectivity index (χ4v) is 5.56. The van der Waals surface area contributed by atoms with Gasteiger partial charge in [-0.1, -0.05) is 6.07 Å². The number of hydrogen-bond acceptors (Lipinski definition) is 6. The molecule has 10 heteroatoms. The number of nitrogens with one attached hydrogen (secondary N) is 1. The van der Waals surface area contributed by atoms with Crippen molar-refractivity contribution in [2.45, 2.75) is 44.8 Å². The second-order valence-corrected chi connectivity index (χ2v) is 10.2. The van der Waals surface area contributed by atoms with Gasteiger partial charge >= 0.3 is 0 Å². The summed E-state index contributed by atoms with van der Waals surface area (Å²) in [5.41, 5.74) is 2.59. The molecule has 9 nitrogen and oxygen atoms in total.